The molecule has 0 bridgehead atoms. The molecule has 1 aromatic rings. The lowest BCUT2D eigenvalue weighted by Crippen LogP contribution is -2.52. The number of hydrogen-bond donors (Lipinski definition) is 1. The number of carbonyl (C=O) groups excluding carboxylic acids is 1. The highest BCUT2D eigenvalue weighted by Gasteiger charge is 2.27. The van der Waals surface area contributed by atoms with Gasteiger partial charge in [0.25, 0.3) is 0 Å². The van der Waals surface area contributed by atoms with Crippen molar-refractivity contribution in [2.24, 2.45) is 0 Å². The van der Waals surface area contributed by atoms with E-state index in [1.54, 1.807) is 11.3 Å². The van der Waals surface area contributed by atoms with E-state index in [9.17, 15) is 4.79 Å². The Hall–Kier alpha value is -0.950. The molecule has 1 amide bonds. The van der Waals surface area contributed by atoms with Gasteiger partial charge in [-0.15, -0.1) is 11.3 Å². The molecule has 6 heteroatoms. The van der Waals surface area contributed by atoms with Crippen molar-refractivity contribution < 1.29 is 4.79 Å². The number of nitrogens with zero attached hydrogens (tertiary/aromatic N) is 3. The SMILES string of the molecule is CN(Cc1cccs1)C(=O)CN1CCN(C2CCNC2)CC1. The summed E-state index contributed by atoms with van der Waals surface area (Å²) in [5.41, 5.74) is 0. The Labute approximate surface area is 136 Å². The molecule has 3 rings (SSSR count). The first kappa shape index (κ1) is 15.9. The third kappa shape index (κ3) is 4.07. The molecular formula is C16H26N4OS. The monoisotopic (exact) mass is 322 g/mol. The fourth-order valence-corrected chi connectivity index (χ4v) is 4.03. The zero-order chi connectivity index (χ0) is 15.4. The normalized spacial score (nSPS) is 23.8. The van der Waals surface area contributed by atoms with E-state index in [-0.39, 0.29) is 5.91 Å². The summed E-state index contributed by atoms with van der Waals surface area (Å²) >= 11 is 1.71. The highest BCUT2D eigenvalue weighted by molar-refractivity contribution is 7.09. The van der Waals surface area contributed by atoms with Crippen molar-refractivity contribution in [3.05, 3.63) is 22.4 Å². The smallest absolute Gasteiger partial charge is 0.236 e. The zero-order valence-electron chi connectivity index (χ0n) is 13.3. The van der Waals surface area contributed by atoms with Crippen LogP contribution in [0.15, 0.2) is 17.5 Å². The van der Waals surface area contributed by atoms with Gasteiger partial charge >= 0.3 is 0 Å². The van der Waals surface area contributed by atoms with E-state index in [1.165, 1.54) is 11.3 Å². The van der Waals surface area contributed by atoms with Crippen LogP contribution in [0.5, 0.6) is 0 Å². The average molecular weight is 322 g/mol. The van der Waals surface area contributed by atoms with E-state index in [1.807, 2.05) is 18.0 Å². The Kier molecular flexibility index (Phi) is 5.46. The summed E-state index contributed by atoms with van der Waals surface area (Å²) in [5, 5.41) is 5.49. The largest absolute Gasteiger partial charge is 0.340 e. The molecule has 2 fully saturated rings. The molecule has 1 unspecified atom stereocenters. The summed E-state index contributed by atoms with van der Waals surface area (Å²) < 4.78 is 0. The number of amides is 1. The van der Waals surface area contributed by atoms with Crippen molar-refractivity contribution in [3.8, 4) is 0 Å². The van der Waals surface area contributed by atoms with Gasteiger partial charge in [-0.1, -0.05) is 6.07 Å². The quantitative estimate of drug-likeness (QED) is 0.866. The number of piperazine rings is 1. The number of nitrogens with one attached hydrogen (secondary N) is 1. The lowest BCUT2D eigenvalue weighted by atomic mass is 10.2. The van der Waals surface area contributed by atoms with Crippen molar-refractivity contribution in [1.29, 1.82) is 0 Å². The van der Waals surface area contributed by atoms with Gasteiger partial charge in [-0.05, 0) is 24.4 Å². The van der Waals surface area contributed by atoms with E-state index < -0.39 is 0 Å². The lowest BCUT2D eigenvalue weighted by molar-refractivity contribution is -0.132. The van der Waals surface area contributed by atoms with E-state index >= 15 is 0 Å². The first-order valence-electron chi connectivity index (χ1n) is 8.16. The number of hydrogen-bond acceptors (Lipinski definition) is 5. The second-order valence-corrected chi connectivity index (χ2v) is 7.32. The third-order valence-corrected chi connectivity index (χ3v) is 5.58. The zero-order valence-corrected chi connectivity index (χ0v) is 14.1. The number of rotatable bonds is 5. The predicted octanol–water partition coefficient (Wildman–Crippen LogP) is 0.686. The summed E-state index contributed by atoms with van der Waals surface area (Å²) in [6.45, 7) is 7.76. The van der Waals surface area contributed by atoms with Crippen LogP contribution < -0.4 is 5.32 Å². The molecule has 122 valence electrons. The predicted molar refractivity (Wildman–Crippen MR) is 90.1 cm³/mol. The number of thiophene rings is 1. The maximum atomic E-state index is 12.3. The maximum absolute atomic E-state index is 12.3. The van der Waals surface area contributed by atoms with Gasteiger partial charge < -0.3 is 10.2 Å². The van der Waals surface area contributed by atoms with Gasteiger partial charge in [-0.25, -0.2) is 0 Å². The van der Waals surface area contributed by atoms with Crippen LogP contribution in [0.25, 0.3) is 0 Å². The van der Waals surface area contributed by atoms with E-state index in [4.69, 9.17) is 0 Å². The topological polar surface area (TPSA) is 38.8 Å². The Morgan fingerprint density at radius 2 is 2.23 bits per heavy atom. The van der Waals surface area contributed by atoms with Crippen LogP contribution in [0.3, 0.4) is 0 Å². The van der Waals surface area contributed by atoms with Crippen LogP contribution >= 0.6 is 11.3 Å². The van der Waals surface area contributed by atoms with Crippen molar-refractivity contribution in [1.82, 2.24) is 20.0 Å². The van der Waals surface area contributed by atoms with Crippen LogP contribution in [-0.2, 0) is 11.3 Å². The van der Waals surface area contributed by atoms with Crippen molar-refractivity contribution >= 4 is 17.2 Å². The highest BCUT2D eigenvalue weighted by Crippen LogP contribution is 2.13. The Morgan fingerprint density at radius 1 is 1.41 bits per heavy atom. The van der Waals surface area contributed by atoms with Gasteiger partial charge in [0.05, 0.1) is 13.1 Å². The number of carbonyl (C=O) groups is 1. The van der Waals surface area contributed by atoms with Gasteiger partial charge in [0, 0.05) is 50.7 Å². The van der Waals surface area contributed by atoms with Gasteiger partial charge in [0.2, 0.25) is 5.91 Å². The molecule has 1 aromatic heterocycles. The van der Waals surface area contributed by atoms with Gasteiger partial charge in [-0.3, -0.25) is 14.6 Å². The van der Waals surface area contributed by atoms with Crippen LogP contribution in [0, 0.1) is 0 Å². The van der Waals surface area contributed by atoms with Crippen LogP contribution in [-0.4, -0.2) is 79.5 Å². The van der Waals surface area contributed by atoms with E-state index in [2.05, 4.69) is 26.6 Å². The molecule has 0 spiro atoms. The van der Waals surface area contributed by atoms with Gasteiger partial charge in [0.1, 0.15) is 0 Å². The van der Waals surface area contributed by atoms with Gasteiger partial charge in [-0.2, -0.15) is 0 Å². The van der Waals surface area contributed by atoms with Crippen LogP contribution in [0.2, 0.25) is 0 Å². The molecule has 0 radical (unpaired) electrons. The molecule has 22 heavy (non-hydrogen) atoms. The minimum Gasteiger partial charge on any atom is -0.340 e. The first-order valence-corrected chi connectivity index (χ1v) is 9.04. The van der Waals surface area contributed by atoms with Crippen molar-refractivity contribution in [2.75, 3.05) is 52.9 Å². The molecular weight excluding hydrogens is 296 g/mol. The summed E-state index contributed by atoms with van der Waals surface area (Å²) in [6.07, 6.45) is 1.27. The molecule has 2 aliphatic rings. The molecule has 3 heterocycles. The molecule has 0 aliphatic carbocycles. The van der Waals surface area contributed by atoms with E-state index in [0.29, 0.717) is 12.6 Å². The highest BCUT2D eigenvalue weighted by atomic mass is 32.1. The minimum absolute atomic E-state index is 0.226. The second kappa shape index (κ2) is 7.55. The molecule has 1 atom stereocenters. The molecule has 2 aliphatic heterocycles. The van der Waals surface area contributed by atoms with Gasteiger partial charge in [0.15, 0.2) is 0 Å². The summed E-state index contributed by atoms with van der Waals surface area (Å²) in [4.78, 5) is 20.3. The maximum Gasteiger partial charge on any atom is 0.236 e. The molecule has 2 saturated heterocycles. The lowest BCUT2D eigenvalue weighted by Gasteiger charge is -2.37. The van der Waals surface area contributed by atoms with Crippen molar-refractivity contribution in [2.45, 2.75) is 19.0 Å². The Balaban J connectivity index is 1.40. The minimum atomic E-state index is 0.226. The van der Waals surface area contributed by atoms with Crippen LogP contribution in [0.1, 0.15) is 11.3 Å². The third-order valence-electron chi connectivity index (χ3n) is 4.72. The Bertz CT molecular complexity index is 465. The Morgan fingerprint density at radius 3 is 2.86 bits per heavy atom. The molecule has 5 nitrogen and oxygen atoms in total. The fourth-order valence-electron chi connectivity index (χ4n) is 3.27. The molecule has 0 saturated carbocycles. The number of likely N-dealkylation sites (N-methyl/N-ethyl adjacent to an activating group) is 1. The van der Waals surface area contributed by atoms with Crippen LogP contribution in [0.4, 0.5) is 0 Å². The second-order valence-electron chi connectivity index (χ2n) is 6.29. The van der Waals surface area contributed by atoms with Crippen molar-refractivity contribution in [3.63, 3.8) is 0 Å². The molecule has 1 N–H and O–H groups in total. The first-order chi connectivity index (χ1) is 10.7. The molecule has 0 aromatic carbocycles. The fraction of sp³-hybridized carbons (Fsp3) is 0.688. The standard InChI is InChI=1S/C16H26N4OS/c1-18(12-15-3-2-10-22-15)16(21)13-19-6-8-20(9-7-19)14-4-5-17-11-14/h2-3,10,14,17H,4-9,11-13H2,1H3. The average Bonchev–Trinajstić information content (AvgIpc) is 3.21. The summed E-state index contributed by atoms with van der Waals surface area (Å²) in [6, 6.07) is 4.83. The van der Waals surface area contributed by atoms with E-state index in [0.717, 1.165) is 45.8 Å². The summed E-state index contributed by atoms with van der Waals surface area (Å²) in [5.74, 6) is 0.226. The summed E-state index contributed by atoms with van der Waals surface area (Å²) in [7, 11) is 1.91.